The van der Waals surface area contributed by atoms with Gasteiger partial charge in [-0.3, -0.25) is 14.4 Å². The van der Waals surface area contributed by atoms with Gasteiger partial charge in [0.05, 0.1) is 0 Å². The van der Waals surface area contributed by atoms with Crippen LogP contribution in [0.4, 0.5) is 0 Å². The molecular weight excluding hydrogens is 985 g/mol. The summed E-state index contributed by atoms with van der Waals surface area (Å²) in [4.78, 5) is 38.3. The quantitative estimate of drug-likeness (QED) is 0.0261. The van der Waals surface area contributed by atoms with Crippen molar-refractivity contribution in [3.05, 3.63) is 122 Å². The van der Waals surface area contributed by atoms with Gasteiger partial charge >= 0.3 is 17.9 Å². The van der Waals surface area contributed by atoms with Gasteiger partial charge in [-0.25, -0.2) is 0 Å². The lowest BCUT2D eigenvalue weighted by molar-refractivity contribution is -0.167. The molecule has 0 aliphatic rings. The molecule has 6 nitrogen and oxygen atoms in total. The van der Waals surface area contributed by atoms with Gasteiger partial charge in [-0.15, -0.1) is 0 Å². The molecule has 0 N–H and O–H groups in total. The molecule has 0 bridgehead atoms. The Hall–Kier alpha value is -4.19. The fourth-order valence-electron chi connectivity index (χ4n) is 9.15. The van der Waals surface area contributed by atoms with Gasteiger partial charge < -0.3 is 14.2 Å². The second-order valence-electron chi connectivity index (χ2n) is 22.0. The van der Waals surface area contributed by atoms with E-state index in [9.17, 15) is 14.4 Å². The monoisotopic (exact) mass is 1110 g/mol. The Morgan fingerprint density at radius 2 is 0.487 bits per heavy atom. The van der Waals surface area contributed by atoms with Crippen molar-refractivity contribution in [3.8, 4) is 0 Å². The molecule has 0 aliphatic heterocycles. The first-order chi connectivity index (χ1) is 39.5. The molecule has 0 rings (SSSR count). The Balaban J connectivity index is 4.36. The molecule has 456 valence electrons. The minimum atomic E-state index is -0.796. The first-order valence-electron chi connectivity index (χ1n) is 33.5. The van der Waals surface area contributed by atoms with Crippen LogP contribution in [0.25, 0.3) is 0 Å². The van der Waals surface area contributed by atoms with Crippen molar-refractivity contribution in [1.29, 1.82) is 0 Å². The molecule has 0 heterocycles. The van der Waals surface area contributed by atoms with Crippen LogP contribution in [0, 0.1) is 0 Å². The van der Waals surface area contributed by atoms with Crippen LogP contribution in [0.1, 0.15) is 310 Å². The maximum atomic E-state index is 12.9. The summed E-state index contributed by atoms with van der Waals surface area (Å²) in [5, 5.41) is 0. The second-order valence-corrected chi connectivity index (χ2v) is 22.0. The molecule has 6 heteroatoms. The lowest BCUT2D eigenvalue weighted by Crippen LogP contribution is -2.30. The Labute approximate surface area is 494 Å². The molecule has 1 unspecified atom stereocenters. The van der Waals surface area contributed by atoms with Gasteiger partial charge in [0, 0.05) is 19.3 Å². The van der Waals surface area contributed by atoms with Crippen LogP contribution >= 0.6 is 0 Å². The second kappa shape index (κ2) is 67.3. The fourth-order valence-corrected chi connectivity index (χ4v) is 9.15. The molecule has 0 spiro atoms. The van der Waals surface area contributed by atoms with E-state index in [1.165, 1.54) is 128 Å². The van der Waals surface area contributed by atoms with Gasteiger partial charge in [-0.1, -0.05) is 277 Å². The van der Waals surface area contributed by atoms with Gasteiger partial charge in [0.15, 0.2) is 6.10 Å². The summed E-state index contributed by atoms with van der Waals surface area (Å²) in [5.74, 6) is -0.915. The van der Waals surface area contributed by atoms with Crippen LogP contribution < -0.4 is 0 Å². The van der Waals surface area contributed by atoms with Crippen molar-refractivity contribution in [2.75, 3.05) is 13.2 Å². The van der Waals surface area contributed by atoms with Crippen molar-refractivity contribution in [3.63, 3.8) is 0 Å². The van der Waals surface area contributed by atoms with Crippen molar-refractivity contribution >= 4 is 17.9 Å². The predicted molar refractivity (Wildman–Crippen MR) is 348 cm³/mol. The third-order valence-electron chi connectivity index (χ3n) is 14.2. The van der Waals surface area contributed by atoms with Crippen LogP contribution in [0.15, 0.2) is 122 Å². The van der Waals surface area contributed by atoms with E-state index in [0.29, 0.717) is 19.3 Å². The maximum Gasteiger partial charge on any atom is 0.306 e. The first kappa shape index (κ1) is 75.8. The number of rotatable bonds is 60. The molecule has 0 amide bonds. The van der Waals surface area contributed by atoms with E-state index in [4.69, 9.17) is 14.2 Å². The summed E-state index contributed by atoms with van der Waals surface area (Å²) in [6.07, 6.45) is 93.5. The van der Waals surface area contributed by atoms with E-state index < -0.39 is 6.10 Å². The Morgan fingerprint density at radius 3 is 0.775 bits per heavy atom. The smallest absolute Gasteiger partial charge is 0.306 e. The highest BCUT2D eigenvalue weighted by molar-refractivity contribution is 5.71. The van der Waals surface area contributed by atoms with Crippen LogP contribution in [0.3, 0.4) is 0 Å². The third kappa shape index (κ3) is 64.6. The van der Waals surface area contributed by atoms with Gasteiger partial charge in [0.2, 0.25) is 0 Å². The first-order valence-corrected chi connectivity index (χ1v) is 33.5. The van der Waals surface area contributed by atoms with E-state index in [2.05, 4.69) is 142 Å². The molecule has 80 heavy (non-hydrogen) atoms. The standard InChI is InChI=1S/C74H124O6/c1-4-7-10-13-16-19-22-25-28-30-31-32-33-34-35-36-37-38-39-40-41-42-43-44-47-49-52-55-58-61-64-67-73(76)79-70-71(69-78-72(75)66-63-60-57-54-51-48-45-27-24-21-18-15-12-9-6-3)80-74(77)68-65-62-59-56-53-50-46-29-26-23-20-17-14-11-8-5-2/h7,10,16,19,25,27-29,31-32,34-35,37-38,40-41,43-46,71H,4-6,8-9,11-15,17-18,20-24,26,30,33,36,39,42,47-70H2,1-3H3/b10-7-,19-16-,28-25-,32-31-,35-34-,38-37-,41-40-,44-43-,45-27-,46-29-. The average molecular weight is 1110 g/mol. The van der Waals surface area contributed by atoms with Gasteiger partial charge in [0.25, 0.3) is 0 Å². The van der Waals surface area contributed by atoms with E-state index >= 15 is 0 Å². The fraction of sp³-hybridized carbons (Fsp3) is 0.689. The zero-order valence-electron chi connectivity index (χ0n) is 52.3. The summed E-state index contributed by atoms with van der Waals surface area (Å²) in [6.45, 7) is 6.51. The number of carbonyl (C=O) groups is 3. The molecule has 0 aromatic heterocycles. The molecule has 0 aromatic rings. The molecule has 0 saturated carbocycles. The zero-order valence-corrected chi connectivity index (χ0v) is 52.3. The predicted octanol–water partition coefficient (Wildman–Crippen LogP) is 23.2. The highest BCUT2D eigenvalue weighted by Gasteiger charge is 2.19. The van der Waals surface area contributed by atoms with Crippen LogP contribution in [0.5, 0.6) is 0 Å². The maximum absolute atomic E-state index is 12.9. The van der Waals surface area contributed by atoms with E-state index in [-0.39, 0.29) is 31.1 Å². The number of ether oxygens (including phenoxy) is 3. The molecule has 1 atom stereocenters. The summed E-state index contributed by atoms with van der Waals surface area (Å²) < 4.78 is 16.9. The average Bonchev–Trinajstić information content (AvgIpc) is 3.46. The summed E-state index contributed by atoms with van der Waals surface area (Å²) in [7, 11) is 0. The number of hydrogen-bond donors (Lipinski definition) is 0. The van der Waals surface area contributed by atoms with Gasteiger partial charge in [-0.2, -0.15) is 0 Å². The Kier molecular flexibility index (Phi) is 63.8. The van der Waals surface area contributed by atoms with Crippen LogP contribution in [-0.4, -0.2) is 37.2 Å². The minimum absolute atomic E-state index is 0.0909. The summed E-state index contributed by atoms with van der Waals surface area (Å²) >= 11 is 0. The topological polar surface area (TPSA) is 78.9 Å². The third-order valence-corrected chi connectivity index (χ3v) is 14.2. The molecular formula is C74H124O6. The van der Waals surface area contributed by atoms with Crippen molar-refractivity contribution < 1.29 is 28.6 Å². The lowest BCUT2D eigenvalue weighted by Gasteiger charge is -2.18. The Morgan fingerprint density at radius 1 is 0.263 bits per heavy atom. The number of carbonyl (C=O) groups excluding carboxylic acids is 3. The highest BCUT2D eigenvalue weighted by atomic mass is 16.6. The van der Waals surface area contributed by atoms with E-state index in [0.717, 1.165) is 141 Å². The largest absolute Gasteiger partial charge is 0.462 e. The summed E-state index contributed by atoms with van der Waals surface area (Å²) in [5.41, 5.74) is 0. The lowest BCUT2D eigenvalue weighted by atomic mass is 10.1. The molecule has 0 aliphatic carbocycles. The number of allylic oxidation sites excluding steroid dienone is 20. The summed E-state index contributed by atoms with van der Waals surface area (Å²) in [6, 6.07) is 0. The number of esters is 3. The number of hydrogen-bond acceptors (Lipinski definition) is 6. The van der Waals surface area contributed by atoms with Gasteiger partial charge in [-0.05, 0) is 135 Å². The molecule has 0 fully saturated rings. The normalized spacial score (nSPS) is 12.9. The van der Waals surface area contributed by atoms with Gasteiger partial charge in [0.1, 0.15) is 13.2 Å². The zero-order chi connectivity index (χ0) is 57.8. The van der Waals surface area contributed by atoms with Crippen molar-refractivity contribution in [1.82, 2.24) is 0 Å². The number of unbranched alkanes of at least 4 members (excludes halogenated alkanes) is 29. The Bertz CT molecular complexity index is 1650. The van der Waals surface area contributed by atoms with Crippen molar-refractivity contribution in [2.24, 2.45) is 0 Å². The molecule has 0 aromatic carbocycles. The SMILES string of the molecule is CC/C=C\C/C=C\C/C=C\C/C=C\C/C=C\C/C=C\C/C=C\C/C=C\CCCCCCCCC(=O)OCC(COC(=O)CCCCCCC/C=C\CCCCCCCC)OC(=O)CCCCCCC/C=C\CCCCCCCCC. The van der Waals surface area contributed by atoms with Crippen LogP contribution in [0.2, 0.25) is 0 Å². The van der Waals surface area contributed by atoms with E-state index in [1.54, 1.807) is 0 Å². The van der Waals surface area contributed by atoms with E-state index in [1.807, 2.05) is 0 Å². The minimum Gasteiger partial charge on any atom is -0.462 e. The molecule has 0 saturated heterocycles. The van der Waals surface area contributed by atoms with Crippen LogP contribution in [-0.2, 0) is 28.6 Å². The van der Waals surface area contributed by atoms with Crippen molar-refractivity contribution in [2.45, 2.75) is 316 Å². The highest BCUT2D eigenvalue weighted by Crippen LogP contribution is 2.15. The molecule has 0 radical (unpaired) electrons.